The highest BCUT2D eigenvalue weighted by Crippen LogP contribution is 2.34. The largest absolute Gasteiger partial charge is 0.392 e. The van der Waals surface area contributed by atoms with E-state index >= 15 is 0 Å². The molecule has 0 aliphatic heterocycles. The van der Waals surface area contributed by atoms with Crippen LogP contribution in [0.5, 0.6) is 0 Å². The third-order valence-corrected chi connectivity index (χ3v) is 7.24. The second-order valence-electron chi connectivity index (χ2n) is 7.52. The number of nitrogens with one attached hydrogen (secondary N) is 1. The molecule has 156 valence electrons. The van der Waals surface area contributed by atoms with Crippen molar-refractivity contribution >= 4 is 27.6 Å². The summed E-state index contributed by atoms with van der Waals surface area (Å²) in [6.07, 6.45) is 8.80. The van der Waals surface area contributed by atoms with E-state index in [4.69, 9.17) is 0 Å². The van der Waals surface area contributed by atoms with Gasteiger partial charge in [-0.1, -0.05) is 49.6 Å². The number of anilines is 2. The van der Waals surface area contributed by atoms with Gasteiger partial charge in [0, 0.05) is 30.4 Å². The molecule has 1 aromatic carbocycles. The summed E-state index contributed by atoms with van der Waals surface area (Å²) in [4.78, 5) is 4.56. The van der Waals surface area contributed by atoms with E-state index in [0.29, 0.717) is 22.9 Å². The van der Waals surface area contributed by atoms with Crippen molar-refractivity contribution in [2.75, 3.05) is 16.7 Å². The van der Waals surface area contributed by atoms with Gasteiger partial charge < -0.3 is 10.4 Å². The van der Waals surface area contributed by atoms with Crippen molar-refractivity contribution in [3.8, 4) is 0 Å². The van der Waals surface area contributed by atoms with Gasteiger partial charge in [0.05, 0.1) is 17.2 Å². The molecule has 0 atom stereocenters. The van der Waals surface area contributed by atoms with Crippen molar-refractivity contribution in [3.63, 3.8) is 0 Å². The first-order chi connectivity index (χ1) is 13.9. The van der Waals surface area contributed by atoms with Crippen LogP contribution in [-0.2, 0) is 16.6 Å². The number of nitrogens with zero attached hydrogens (tertiary/aromatic N) is 2. The van der Waals surface area contributed by atoms with Crippen LogP contribution in [0.15, 0.2) is 41.9 Å². The number of hydrogen-bond donors (Lipinski definition) is 2. The fraction of sp³-hybridized carbons (Fsp3) is 0.409. The zero-order valence-corrected chi connectivity index (χ0v) is 17.9. The maximum atomic E-state index is 13.1. The Bertz CT molecular complexity index is 966. The normalized spacial score (nSPS) is 15.1. The molecule has 3 rings (SSSR count). The smallest absolute Gasteiger partial charge is 0.265 e. The molecular formula is C22H29N3O3S. The van der Waals surface area contributed by atoms with Crippen molar-refractivity contribution in [1.82, 2.24) is 4.98 Å². The Hall–Kier alpha value is -2.38. The molecular weight excluding hydrogens is 386 g/mol. The van der Waals surface area contributed by atoms with Crippen molar-refractivity contribution in [2.24, 2.45) is 0 Å². The molecule has 0 amide bonds. The fourth-order valence-electron chi connectivity index (χ4n) is 3.73. The first-order valence-electron chi connectivity index (χ1n) is 9.95. The van der Waals surface area contributed by atoms with Crippen LogP contribution < -0.4 is 9.62 Å². The number of aryl methyl sites for hydroxylation is 1. The van der Waals surface area contributed by atoms with Gasteiger partial charge in [0.2, 0.25) is 0 Å². The molecule has 0 radical (unpaired) electrons. The Morgan fingerprint density at radius 2 is 1.90 bits per heavy atom. The van der Waals surface area contributed by atoms with Gasteiger partial charge in [0.25, 0.3) is 10.0 Å². The lowest BCUT2D eigenvalue weighted by Crippen LogP contribution is -2.29. The molecule has 0 spiro atoms. The lowest BCUT2D eigenvalue weighted by molar-refractivity contribution is 0.282. The average molecular weight is 416 g/mol. The predicted octanol–water partition coefficient (Wildman–Crippen LogP) is 4.10. The van der Waals surface area contributed by atoms with Crippen molar-refractivity contribution in [2.45, 2.75) is 56.6 Å². The van der Waals surface area contributed by atoms with Crippen LogP contribution in [0.3, 0.4) is 0 Å². The first-order valence-corrected chi connectivity index (χ1v) is 11.4. The molecule has 0 bridgehead atoms. The standard InChI is InChI=1S/C22H29N3O3S/c1-4-20-21(24-18-8-6-5-7-9-18)17(15-26)14-23-22(20)25(3)29(27,28)19-12-10-16(2)11-13-19/h4,10-14,18,26H,1,5-9,15H2,2-3H3,(H,23,24). The SMILES string of the molecule is C=Cc1c(N(C)S(=O)(=O)c2ccc(C)cc2)ncc(CO)c1NC1CCCCC1. The highest BCUT2D eigenvalue weighted by molar-refractivity contribution is 7.92. The Morgan fingerprint density at radius 1 is 1.24 bits per heavy atom. The van der Waals surface area contributed by atoms with E-state index in [1.54, 1.807) is 30.3 Å². The second kappa shape index (κ2) is 8.97. The Kier molecular flexibility index (Phi) is 6.59. The Labute approximate surface area is 173 Å². The molecule has 1 aliphatic carbocycles. The van der Waals surface area contributed by atoms with Gasteiger partial charge in [-0.05, 0) is 31.9 Å². The molecule has 7 heteroatoms. The van der Waals surface area contributed by atoms with Gasteiger partial charge in [-0.2, -0.15) is 0 Å². The van der Waals surface area contributed by atoms with Crippen molar-refractivity contribution in [1.29, 1.82) is 0 Å². The highest BCUT2D eigenvalue weighted by atomic mass is 32.2. The minimum Gasteiger partial charge on any atom is -0.392 e. The third kappa shape index (κ3) is 4.46. The average Bonchev–Trinajstić information content (AvgIpc) is 2.74. The zero-order valence-electron chi connectivity index (χ0n) is 17.1. The van der Waals surface area contributed by atoms with Crippen molar-refractivity contribution in [3.05, 3.63) is 53.7 Å². The van der Waals surface area contributed by atoms with E-state index in [1.165, 1.54) is 24.0 Å². The third-order valence-electron chi connectivity index (χ3n) is 5.48. The molecule has 1 saturated carbocycles. The number of hydrogen-bond acceptors (Lipinski definition) is 5. The molecule has 29 heavy (non-hydrogen) atoms. The minimum atomic E-state index is -3.78. The fourth-order valence-corrected chi connectivity index (χ4v) is 4.90. The Balaban J connectivity index is 2.03. The van der Waals surface area contributed by atoms with E-state index in [-0.39, 0.29) is 17.3 Å². The van der Waals surface area contributed by atoms with Gasteiger partial charge in [-0.15, -0.1) is 0 Å². The van der Waals surface area contributed by atoms with Gasteiger partial charge >= 0.3 is 0 Å². The number of benzene rings is 1. The summed E-state index contributed by atoms with van der Waals surface area (Å²) < 4.78 is 27.5. The van der Waals surface area contributed by atoms with Gasteiger partial charge in [-0.25, -0.2) is 13.4 Å². The van der Waals surface area contributed by atoms with E-state index in [9.17, 15) is 13.5 Å². The first kappa shape index (κ1) is 21.3. The maximum Gasteiger partial charge on any atom is 0.265 e. The molecule has 0 saturated heterocycles. The van der Waals surface area contributed by atoms with Gasteiger partial charge in [-0.3, -0.25) is 4.31 Å². The van der Waals surface area contributed by atoms with Crippen LogP contribution in [0.25, 0.3) is 6.08 Å². The molecule has 2 N–H and O–H groups in total. The molecule has 6 nitrogen and oxygen atoms in total. The summed E-state index contributed by atoms with van der Waals surface area (Å²) in [5.41, 5.74) is 2.92. The summed E-state index contributed by atoms with van der Waals surface area (Å²) in [5.74, 6) is 0.288. The summed E-state index contributed by atoms with van der Waals surface area (Å²) in [5, 5.41) is 13.3. The summed E-state index contributed by atoms with van der Waals surface area (Å²) >= 11 is 0. The number of aliphatic hydroxyl groups excluding tert-OH is 1. The van der Waals surface area contributed by atoms with Crippen molar-refractivity contribution < 1.29 is 13.5 Å². The number of pyridine rings is 1. The lowest BCUT2D eigenvalue weighted by atomic mass is 9.94. The van der Waals surface area contributed by atoms with Crippen LogP contribution in [0.1, 0.15) is 48.8 Å². The van der Waals surface area contributed by atoms with Crippen LogP contribution in [0.2, 0.25) is 0 Å². The number of aliphatic hydroxyl groups is 1. The summed E-state index contributed by atoms with van der Waals surface area (Å²) in [7, 11) is -2.28. The number of aromatic nitrogens is 1. The van der Waals surface area contributed by atoms with E-state index in [2.05, 4.69) is 16.9 Å². The van der Waals surface area contributed by atoms with Gasteiger partial charge in [0.15, 0.2) is 5.82 Å². The maximum absolute atomic E-state index is 13.1. The molecule has 0 unspecified atom stereocenters. The van der Waals surface area contributed by atoms with Crippen LogP contribution >= 0.6 is 0 Å². The second-order valence-corrected chi connectivity index (χ2v) is 9.49. The van der Waals surface area contributed by atoms with Crippen LogP contribution in [-0.4, -0.2) is 31.6 Å². The van der Waals surface area contributed by atoms with E-state index in [0.717, 1.165) is 31.2 Å². The monoisotopic (exact) mass is 415 g/mol. The predicted molar refractivity (Wildman–Crippen MR) is 118 cm³/mol. The van der Waals surface area contributed by atoms with Crippen LogP contribution in [0, 0.1) is 6.92 Å². The van der Waals surface area contributed by atoms with E-state index < -0.39 is 10.0 Å². The van der Waals surface area contributed by atoms with E-state index in [1.807, 2.05) is 6.92 Å². The van der Waals surface area contributed by atoms with Crippen LogP contribution in [0.4, 0.5) is 11.5 Å². The number of sulfonamides is 1. The topological polar surface area (TPSA) is 82.5 Å². The molecule has 1 aromatic heterocycles. The lowest BCUT2D eigenvalue weighted by Gasteiger charge is -2.28. The highest BCUT2D eigenvalue weighted by Gasteiger charge is 2.26. The minimum absolute atomic E-state index is 0.183. The molecule has 2 aromatic rings. The quantitative estimate of drug-likeness (QED) is 0.712. The number of rotatable bonds is 7. The molecule has 1 aliphatic rings. The summed E-state index contributed by atoms with van der Waals surface area (Å²) in [6.45, 7) is 5.61. The Morgan fingerprint density at radius 3 is 2.48 bits per heavy atom. The zero-order chi connectivity index (χ0) is 21.0. The van der Waals surface area contributed by atoms with Gasteiger partial charge in [0.1, 0.15) is 0 Å². The summed E-state index contributed by atoms with van der Waals surface area (Å²) in [6, 6.07) is 7.03. The molecule has 1 fully saturated rings. The molecule has 1 heterocycles.